The van der Waals surface area contributed by atoms with Crippen molar-refractivity contribution in [3.63, 3.8) is 0 Å². The van der Waals surface area contributed by atoms with Gasteiger partial charge >= 0.3 is 0 Å². The third kappa shape index (κ3) is 5.43. The van der Waals surface area contributed by atoms with E-state index < -0.39 is 0 Å². The van der Waals surface area contributed by atoms with Gasteiger partial charge in [0.15, 0.2) is 0 Å². The maximum atomic E-state index is 12.9. The van der Waals surface area contributed by atoms with Crippen LogP contribution in [0.15, 0.2) is 36.9 Å². The number of ether oxygens (including phenoxy) is 1. The van der Waals surface area contributed by atoms with Crippen LogP contribution < -0.4 is 15.4 Å². The molecule has 1 saturated carbocycles. The topological polar surface area (TPSA) is 96.5 Å². The number of hydrogen-bond donors (Lipinski definition) is 2. The molecule has 1 aromatic carbocycles. The number of nitrogens with one attached hydrogen (secondary N) is 2. The summed E-state index contributed by atoms with van der Waals surface area (Å²) in [5.74, 6) is 2.19. The molecule has 2 heterocycles. The molecule has 1 aliphatic heterocycles. The maximum absolute atomic E-state index is 12.9. The molecule has 3 atom stereocenters. The highest BCUT2D eigenvalue weighted by molar-refractivity contribution is 5.99. The van der Waals surface area contributed by atoms with Crippen LogP contribution in [-0.4, -0.2) is 53.4 Å². The number of aromatic nitrogens is 2. The SMILES string of the molecule is COc1ccc(NC(C)=O)c(NC(=O)CN2C[C@H]3CCC[C@H](Cc4cncnc4)[C@H]3C2)c1. The molecule has 1 aliphatic carbocycles. The van der Waals surface area contributed by atoms with E-state index in [4.69, 9.17) is 4.74 Å². The van der Waals surface area contributed by atoms with Crippen molar-refractivity contribution in [2.24, 2.45) is 17.8 Å². The Kier molecular flexibility index (Phi) is 6.99. The van der Waals surface area contributed by atoms with Crippen molar-refractivity contribution in [2.45, 2.75) is 32.6 Å². The van der Waals surface area contributed by atoms with Gasteiger partial charge in [-0.15, -0.1) is 0 Å². The molecule has 8 heteroatoms. The zero-order chi connectivity index (χ0) is 22.5. The summed E-state index contributed by atoms with van der Waals surface area (Å²) in [7, 11) is 1.57. The van der Waals surface area contributed by atoms with Crippen LogP contribution in [0, 0.1) is 17.8 Å². The number of fused-ring (bicyclic) bond motifs is 1. The lowest BCUT2D eigenvalue weighted by Gasteiger charge is -2.33. The second-order valence-electron chi connectivity index (χ2n) is 8.90. The predicted molar refractivity (Wildman–Crippen MR) is 122 cm³/mol. The van der Waals surface area contributed by atoms with Gasteiger partial charge in [0.1, 0.15) is 12.1 Å². The third-order valence-electron chi connectivity index (χ3n) is 6.61. The number of carbonyl (C=O) groups excluding carboxylic acids is 2. The first-order chi connectivity index (χ1) is 15.5. The minimum atomic E-state index is -0.191. The van der Waals surface area contributed by atoms with Crippen LogP contribution in [0.5, 0.6) is 5.75 Å². The molecule has 170 valence electrons. The van der Waals surface area contributed by atoms with E-state index >= 15 is 0 Å². The van der Waals surface area contributed by atoms with Crippen molar-refractivity contribution in [3.05, 3.63) is 42.5 Å². The summed E-state index contributed by atoms with van der Waals surface area (Å²) in [6, 6.07) is 5.22. The van der Waals surface area contributed by atoms with Crippen molar-refractivity contribution < 1.29 is 14.3 Å². The average molecular weight is 438 g/mol. The standard InChI is InChI=1S/C24H31N5O3/c1-16(30)27-22-7-6-20(32-2)9-23(22)28-24(31)14-29-12-19-5-3-4-18(21(19)13-29)8-17-10-25-15-26-11-17/h6-7,9-11,15,18-19,21H,3-5,8,12-14H2,1-2H3,(H,27,30)(H,28,31)/t18-,19-,21-/m1/s1. The van der Waals surface area contributed by atoms with Crippen LogP contribution in [0.25, 0.3) is 0 Å². The van der Waals surface area contributed by atoms with Crippen molar-refractivity contribution >= 4 is 23.2 Å². The number of likely N-dealkylation sites (tertiary alicyclic amines) is 1. The normalized spacial score (nSPS) is 22.8. The number of methoxy groups -OCH3 is 1. The Morgan fingerprint density at radius 1 is 1.12 bits per heavy atom. The Bertz CT molecular complexity index is 952. The molecule has 4 rings (SSSR count). The van der Waals surface area contributed by atoms with E-state index in [-0.39, 0.29) is 11.8 Å². The van der Waals surface area contributed by atoms with Crippen LogP contribution in [0.2, 0.25) is 0 Å². The van der Waals surface area contributed by atoms with Gasteiger partial charge in [0.2, 0.25) is 11.8 Å². The molecule has 2 N–H and O–H groups in total. The van der Waals surface area contributed by atoms with E-state index in [2.05, 4.69) is 25.5 Å². The second-order valence-corrected chi connectivity index (χ2v) is 8.90. The fraction of sp³-hybridized carbons (Fsp3) is 0.500. The number of benzene rings is 1. The molecule has 32 heavy (non-hydrogen) atoms. The second kappa shape index (κ2) is 10.1. The fourth-order valence-electron chi connectivity index (χ4n) is 5.25. The molecule has 2 aliphatic rings. The number of carbonyl (C=O) groups is 2. The van der Waals surface area contributed by atoms with Gasteiger partial charge in [-0.1, -0.05) is 6.42 Å². The summed E-state index contributed by atoms with van der Waals surface area (Å²) >= 11 is 0. The number of amides is 2. The van der Waals surface area contributed by atoms with Crippen LogP contribution in [0.3, 0.4) is 0 Å². The quantitative estimate of drug-likeness (QED) is 0.691. The maximum Gasteiger partial charge on any atom is 0.238 e. The van der Waals surface area contributed by atoms with Crippen LogP contribution in [0.1, 0.15) is 31.7 Å². The number of hydrogen-bond acceptors (Lipinski definition) is 6. The molecular formula is C24H31N5O3. The molecule has 8 nitrogen and oxygen atoms in total. The smallest absolute Gasteiger partial charge is 0.238 e. The lowest BCUT2D eigenvalue weighted by atomic mass is 9.72. The average Bonchev–Trinajstić information content (AvgIpc) is 3.18. The van der Waals surface area contributed by atoms with Gasteiger partial charge < -0.3 is 15.4 Å². The summed E-state index contributed by atoms with van der Waals surface area (Å²) in [5, 5.41) is 5.72. The first-order valence-electron chi connectivity index (χ1n) is 11.2. The first-order valence-corrected chi connectivity index (χ1v) is 11.2. The van der Waals surface area contributed by atoms with Crippen molar-refractivity contribution in [2.75, 3.05) is 37.4 Å². The molecule has 0 radical (unpaired) electrons. The van der Waals surface area contributed by atoms with E-state index in [1.165, 1.54) is 31.7 Å². The minimum Gasteiger partial charge on any atom is -0.497 e. The Labute approximate surface area is 188 Å². The molecule has 0 spiro atoms. The minimum absolute atomic E-state index is 0.0866. The summed E-state index contributed by atoms with van der Waals surface area (Å²) in [6.07, 6.45) is 10.1. The number of rotatable bonds is 7. The molecule has 0 bridgehead atoms. The predicted octanol–water partition coefficient (Wildman–Crippen LogP) is 2.97. The highest BCUT2D eigenvalue weighted by atomic mass is 16.5. The summed E-state index contributed by atoms with van der Waals surface area (Å²) < 4.78 is 5.27. The zero-order valence-corrected chi connectivity index (χ0v) is 18.7. The van der Waals surface area contributed by atoms with Crippen LogP contribution in [-0.2, 0) is 16.0 Å². The van der Waals surface area contributed by atoms with Gasteiger partial charge in [-0.25, -0.2) is 9.97 Å². The summed E-state index contributed by atoms with van der Waals surface area (Å²) in [6.45, 7) is 3.67. The van der Waals surface area contributed by atoms with Crippen LogP contribution in [0.4, 0.5) is 11.4 Å². The van der Waals surface area contributed by atoms with E-state index in [0.29, 0.717) is 41.4 Å². The first kappa shape index (κ1) is 22.2. The Hall–Kier alpha value is -3.00. The number of anilines is 2. The van der Waals surface area contributed by atoms with E-state index in [1.54, 1.807) is 31.6 Å². The highest BCUT2D eigenvalue weighted by Crippen LogP contribution is 2.41. The van der Waals surface area contributed by atoms with Crippen molar-refractivity contribution in [1.82, 2.24) is 14.9 Å². The molecule has 2 aromatic rings. The van der Waals surface area contributed by atoms with E-state index in [0.717, 1.165) is 19.5 Å². The molecule has 1 saturated heterocycles. The van der Waals surface area contributed by atoms with E-state index in [9.17, 15) is 9.59 Å². The van der Waals surface area contributed by atoms with Crippen molar-refractivity contribution in [1.29, 1.82) is 0 Å². The van der Waals surface area contributed by atoms with E-state index in [1.807, 2.05) is 12.4 Å². The van der Waals surface area contributed by atoms with Gasteiger partial charge in [0, 0.05) is 38.5 Å². The highest BCUT2D eigenvalue weighted by Gasteiger charge is 2.40. The fourth-order valence-corrected chi connectivity index (χ4v) is 5.25. The monoisotopic (exact) mass is 437 g/mol. The van der Waals surface area contributed by atoms with Gasteiger partial charge in [-0.05, 0) is 54.7 Å². The molecule has 1 aromatic heterocycles. The Balaban J connectivity index is 1.38. The lowest BCUT2D eigenvalue weighted by molar-refractivity contribution is -0.117. The molecular weight excluding hydrogens is 406 g/mol. The van der Waals surface area contributed by atoms with Gasteiger partial charge in [-0.3, -0.25) is 14.5 Å². The zero-order valence-electron chi connectivity index (χ0n) is 18.7. The van der Waals surface area contributed by atoms with Crippen molar-refractivity contribution in [3.8, 4) is 5.75 Å². The molecule has 2 amide bonds. The van der Waals surface area contributed by atoms with Gasteiger partial charge in [-0.2, -0.15) is 0 Å². The summed E-state index contributed by atoms with van der Waals surface area (Å²) in [5.41, 5.74) is 2.30. The molecule has 0 unspecified atom stereocenters. The lowest BCUT2D eigenvalue weighted by Crippen LogP contribution is -2.32. The van der Waals surface area contributed by atoms with Gasteiger partial charge in [0.25, 0.3) is 0 Å². The largest absolute Gasteiger partial charge is 0.497 e. The van der Waals surface area contributed by atoms with Gasteiger partial charge in [0.05, 0.1) is 25.0 Å². The molecule has 2 fully saturated rings. The van der Waals surface area contributed by atoms with Crippen LogP contribution >= 0.6 is 0 Å². The Morgan fingerprint density at radius 2 is 1.94 bits per heavy atom. The third-order valence-corrected chi connectivity index (χ3v) is 6.61. The summed E-state index contributed by atoms with van der Waals surface area (Å²) in [4.78, 5) is 35.0. The number of nitrogens with zero attached hydrogens (tertiary/aromatic N) is 3. The Morgan fingerprint density at radius 3 is 2.69 bits per heavy atom.